The number of methoxy groups -OCH3 is 3. The second-order valence-electron chi connectivity index (χ2n) is 9.69. The highest BCUT2D eigenvalue weighted by atomic mass is 79.9. The molecule has 0 radical (unpaired) electrons. The highest BCUT2D eigenvalue weighted by molar-refractivity contribution is 9.10. The predicted octanol–water partition coefficient (Wildman–Crippen LogP) is 5.05. The van der Waals surface area contributed by atoms with Gasteiger partial charge in [0.05, 0.1) is 41.6 Å². The number of thiazole rings is 1. The zero-order valence-electron chi connectivity index (χ0n) is 24.4. The fourth-order valence-corrected chi connectivity index (χ4v) is 6.98. The lowest BCUT2D eigenvalue weighted by Gasteiger charge is -2.30. The van der Waals surface area contributed by atoms with Crippen molar-refractivity contribution in [3.05, 3.63) is 95.1 Å². The van der Waals surface area contributed by atoms with E-state index in [1.165, 1.54) is 11.3 Å². The molecule has 0 aliphatic carbocycles. The summed E-state index contributed by atoms with van der Waals surface area (Å²) in [7, 11) is 4.76. The molecule has 8 nitrogen and oxygen atoms in total. The normalized spacial score (nSPS) is 14.9. The largest absolute Gasteiger partial charge is 0.496 e. The molecule has 3 aromatic carbocycles. The Bertz CT molecular complexity index is 1910. The van der Waals surface area contributed by atoms with Crippen LogP contribution in [0.5, 0.6) is 17.2 Å². The van der Waals surface area contributed by atoms with E-state index in [1.54, 1.807) is 42.9 Å². The van der Waals surface area contributed by atoms with Crippen LogP contribution in [0.1, 0.15) is 37.9 Å². The van der Waals surface area contributed by atoms with Gasteiger partial charge < -0.3 is 19.1 Å². The number of nitrogens with zero attached hydrogens (tertiary/aromatic N) is 3. The van der Waals surface area contributed by atoms with E-state index in [9.17, 15) is 9.59 Å². The van der Waals surface area contributed by atoms with Crippen molar-refractivity contribution in [3.8, 4) is 17.2 Å². The maximum absolute atomic E-state index is 14.3. The van der Waals surface area contributed by atoms with Crippen LogP contribution in [0.3, 0.4) is 0 Å². The van der Waals surface area contributed by atoms with E-state index in [4.69, 9.17) is 19.2 Å². The molecule has 10 heteroatoms. The predicted molar refractivity (Wildman–Crippen MR) is 169 cm³/mol. The average Bonchev–Trinajstić information content (AvgIpc) is 3.30. The summed E-state index contributed by atoms with van der Waals surface area (Å²) in [6.45, 7) is 6.78. The quantitative estimate of drug-likeness (QED) is 0.267. The lowest BCUT2D eigenvalue weighted by atomic mass is 9.90. The number of carbonyl (C=O) groups is 1. The maximum atomic E-state index is 14.3. The molecule has 0 saturated carbocycles. The first-order valence-electron chi connectivity index (χ1n) is 13.6. The Hall–Kier alpha value is -3.89. The summed E-state index contributed by atoms with van der Waals surface area (Å²) < 4.78 is 19.7. The SMILES string of the molecule is CCN(CC)C(=O)C1=C(C)N=c2s/c(=C/c3cc(Br)c(OC)cc3OC)c(=O)n2[C@@H]1c1c(OC)ccc2ccccc12. The van der Waals surface area contributed by atoms with Crippen molar-refractivity contribution in [2.45, 2.75) is 26.8 Å². The van der Waals surface area contributed by atoms with Crippen LogP contribution in [-0.4, -0.2) is 49.8 Å². The number of aromatic nitrogens is 1. The van der Waals surface area contributed by atoms with Gasteiger partial charge in [0.2, 0.25) is 0 Å². The number of ether oxygens (including phenoxy) is 3. The van der Waals surface area contributed by atoms with Crippen LogP contribution in [0.15, 0.2) is 74.1 Å². The third-order valence-electron chi connectivity index (χ3n) is 7.52. The average molecular weight is 651 g/mol. The third-order valence-corrected chi connectivity index (χ3v) is 9.12. The number of hydrogen-bond acceptors (Lipinski definition) is 7. The lowest BCUT2D eigenvalue weighted by molar-refractivity contribution is -0.127. The zero-order valence-corrected chi connectivity index (χ0v) is 26.8. The standard InChI is InChI=1S/C32H32BrN3O5S/c1-7-35(8-2)31(38)27-18(3)34-32-36(29(27)28-21-12-10-9-11-19(21)13-14-23(28)39-4)30(37)26(42-32)16-20-15-22(33)25(41-6)17-24(20)40-5/h9-17,29H,7-8H2,1-6H3/b26-16+/t29-/m0/s1. The van der Waals surface area contributed by atoms with Crippen molar-refractivity contribution in [1.82, 2.24) is 9.47 Å². The number of allylic oxidation sites excluding steroid dienone is 1. The number of rotatable bonds is 8. The molecule has 1 aliphatic heterocycles. The van der Waals surface area contributed by atoms with E-state index < -0.39 is 6.04 Å². The van der Waals surface area contributed by atoms with E-state index in [2.05, 4.69) is 15.9 Å². The molecule has 0 N–H and O–H groups in total. The van der Waals surface area contributed by atoms with Gasteiger partial charge in [0.25, 0.3) is 11.5 Å². The molecule has 42 heavy (non-hydrogen) atoms. The Balaban J connectivity index is 1.85. The number of likely N-dealkylation sites (N-methyl/N-ethyl adjacent to an activating group) is 1. The van der Waals surface area contributed by atoms with Crippen molar-refractivity contribution in [2.75, 3.05) is 34.4 Å². The fraction of sp³-hybridized carbons (Fsp3) is 0.281. The van der Waals surface area contributed by atoms with Gasteiger partial charge in [-0.1, -0.05) is 41.7 Å². The lowest BCUT2D eigenvalue weighted by Crippen LogP contribution is -2.43. The van der Waals surface area contributed by atoms with Gasteiger partial charge in [-0.2, -0.15) is 0 Å². The van der Waals surface area contributed by atoms with Gasteiger partial charge in [-0.3, -0.25) is 14.2 Å². The van der Waals surface area contributed by atoms with Crippen LogP contribution < -0.4 is 29.1 Å². The minimum absolute atomic E-state index is 0.156. The number of amides is 1. The third kappa shape index (κ3) is 5.03. The topological polar surface area (TPSA) is 82.4 Å². The number of benzene rings is 3. The second-order valence-corrected chi connectivity index (χ2v) is 11.6. The van der Waals surface area contributed by atoms with Gasteiger partial charge >= 0.3 is 0 Å². The molecule has 1 aromatic heterocycles. The van der Waals surface area contributed by atoms with Crippen molar-refractivity contribution in [2.24, 2.45) is 4.99 Å². The summed E-state index contributed by atoms with van der Waals surface area (Å²) >= 11 is 4.81. The maximum Gasteiger partial charge on any atom is 0.271 e. The van der Waals surface area contributed by atoms with Gasteiger partial charge in [0, 0.05) is 30.3 Å². The molecule has 0 unspecified atom stereocenters. The second kappa shape index (κ2) is 12.1. The zero-order chi connectivity index (χ0) is 30.1. The molecule has 0 spiro atoms. The molecule has 0 fully saturated rings. The monoisotopic (exact) mass is 649 g/mol. The Morgan fingerprint density at radius 3 is 2.38 bits per heavy atom. The Morgan fingerprint density at radius 1 is 1.02 bits per heavy atom. The number of hydrogen-bond donors (Lipinski definition) is 0. The van der Waals surface area contributed by atoms with Crippen molar-refractivity contribution < 1.29 is 19.0 Å². The molecule has 2 heterocycles. The molecular weight excluding hydrogens is 618 g/mol. The number of carbonyl (C=O) groups excluding carboxylic acids is 1. The first-order chi connectivity index (χ1) is 20.3. The first kappa shape index (κ1) is 29.6. The summed E-state index contributed by atoms with van der Waals surface area (Å²) in [4.78, 5) is 35.5. The highest BCUT2D eigenvalue weighted by Gasteiger charge is 2.36. The van der Waals surface area contributed by atoms with E-state index in [1.807, 2.05) is 63.2 Å². The number of halogens is 1. The molecule has 1 amide bonds. The summed E-state index contributed by atoms with van der Waals surface area (Å²) in [6.07, 6.45) is 1.79. The van der Waals surface area contributed by atoms with Crippen LogP contribution in [0.4, 0.5) is 0 Å². The molecule has 218 valence electrons. The molecule has 1 aliphatic rings. The Kier molecular flexibility index (Phi) is 8.56. The summed E-state index contributed by atoms with van der Waals surface area (Å²) in [6, 6.07) is 14.7. The van der Waals surface area contributed by atoms with Gasteiger partial charge in [-0.05, 0) is 65.7 Å². The summed E-state index contributed by atoms with van der Waals surface area (Å²) in [5, 5.41) is 1.88. The van der Waals surface area contributed by atoms with E-state index >= 15 is 0 Å². The van der Waals surface area contributed by atoms with Crippen molar-refractivity contribution >= 4 is 50.0 Å². The van der Waals surface area contributed by atoms with Crippen LogP contribution in [0, 0.1) is 0 Å². The van der Waals surface area contributed by atoms with Crippen LogP contribution >= 0.6 is 27.3 Å². The smallest absolute Gasteiger partial charge is 0.271 e. The van der Waals surface area contributed by atoms with Gasteiger partial charge in [0.15, 0.2) is 4.80 Å². The van der Waals surface area contributed by atoms with Crippen LogP contribution in [-0.2, 0) is 4.79 Å². The Morgan fingerprint density at radius 2 is 1.71 bits per heavy atom. The summed E-state index contributed by atoms with van der Waals surface area (Å²) in [5.74, 6) is 1.61. The molecule has 4 aromatic rings. The van der Waals surface area contributed by atoms with E-state index in [0.717, 1.165) is 20.8 Å². The molecule has 0 saturated heterocycles. The van der Waals surface area contributed by atoms with Gasteiger partial charge in [-0.25, -0.2) is 4.99 Å². The minimum atomic E-state index is -0.748. The highest BCUT2D eigenvalue weighted by Crippen LogP contribution is 2.40. The number of fused-ring (bicyclic) bond motifs is 2. The van der Waals surface area contributed by atoms with E-state index in [0.29, 0.717) is 56.5 Å². The molecule has 5 rings (SSSR count). The first-order valence-corrected chi connectivity index (χ1v) is 15.2. The van der Waals surface area contributed by atoms with Crippen LogP contribution in [0.2, 0.25) is 0 Å². The molecule has 0 bridgehead atoms. The van der Waals surface area contributed by atoms with E-state index in [-0.39, 0.29) is 11.5 Å². The molecule has 1 atom stereocenters. The van der Waals surface area contributed by atoms with Gasteiger partial charge in [-0.15, -0.1) is 0 Å². The van der Waals surface area contributed by atoms with Crippen LogP contribution in [0.25, 0.3) is 16.8 Å². The minimum Gasteiger partial charge on any atom is -0.496 e. The Labute approximate surface area is 256 Å². The fourth-order valence-electron chi connectivity index (χ4n) is 5.42. The van der Waals surface area contributed by atoms with Crippen molar-refractivity contribution in [1.29, 1.82) is 0 Å². The van der Waals surface area contributed by atoms with Crippen molar-refractivity contribution in [3.63, 3.8) is 0 Å². The van der Waals surface area contributed by atoms with Gasteiger partial charge in [0.1, 0.15) is 23.3 Å². The molecular formula is C32H32BrN3O5S. The summed E-state index contributed by atoms with van der Waals surface area (Å²) in [5.41, 5.74) is 2.22.